The Balaban J connectivity index is 2.85. The lowest BCUT2D eigenvalue weighted by molar-refractivity contribution is -0.138. The molecular formula is C12H21NO4. The van der Waals surface area contributed by atoms with Crippen LogP contribution in [-0.4, -0.2) is 51.6 Å². The fourth-order valence-corrected chi connectivity index (χ4v) is 2.13. The minimum Gasteiger partial charge on any atom is -0.388 e. The summed E-state index contributed by atoms with van der Waals surface area (Å²) in [6.07, 6.45) is -1.94. The van der Waals surface area contributed by atoms with Gasteiger partial charge in [0, 0.05) is 13.3 Å². The molecule has 2 N–H and O–H groups in total. The van der Waals surface area contributed by atoms with Gasteiger partial charge in [0.2, 0.25) is 5.91 Å². The summed E-state index contributed by atoms with van der Waals surface area (Å²) in [5, 5.41) is 19.3. The lowest BCUT2D eigenvalue weighted by Gasteiger charge is -2.26. The molecule has 3 atom stereocenters. The lowest BCUT2D eigenvalue weighted by atomic mass is 9.86. The van der Waals surface area contributed by atoms with Crippen LogP contribution in [0, 0.1) is 5.41 Å². The topological polar surface area (TPSA) is 77.8 Å². The zero-order chi connectivity index (χ0) is 13.4. The Morgan fingerprint density at radius 1 is 1.29 bits per heavy atom. The predicted octanol–water partition coefficient (Wildman–Crippen LogP) is -0.0558. The molecule has 17 heavy (non-hydrogen) atoms. The van der Waals surface area contributed by atoms with E-state index in [9.17, 15) is 19.8 Å². The molecule has 1 heterocycles. The standard InChI is InChI=1S/C12H21NO4/c1-7(14)13-6-9(16)11(17)10(13)8(15)5-12(2,3)4/h9-11,16-17H,5-6H2,1-4H3. The Labute approximate surface area is 101 Å². The van der Waals surface area contributed by atoms with Gasteiger partial charge in [-0.05, 0) is 5.41 Å². The molecule has 1 aliphatic rings. The van der Waals surface area contributed by atoms with Gasteiger partial charge in [-0.3, -0.25) is 9.59 Å². The van der Waals surface area contributed by atoms with E-state index in [1.54, 1.807) is 0 Å². The number of β-amino-alcohol motifs (C(OH)–C–C–N with tert-alkyl or cyclic N) is 1. The smallest absolute Gasteiger partial charge is 0.220 e. The molecule has 0 aromatic carbocycles. The maximum Gasteiger partial charge on any atom is 0.220 e. The van der Waals surface area contributed by atoms with Crippen LogP contribution in [0.15, 0.2) is 0 Å². The number of aliphatic hydroxyl groups is 2. The first-order valence-corrected chi connectivity index (χ1v) is 5.79. The van der Waals surface area contributed by atoms with Crippen molar-refractivity contribution < 1.29 is 19.8 Å². The van der Waals surface area contributed by atoms with Crippen LogP contribution in [0.4, 0.5) is 0 Å². The number of aliphatic hydroxyl groups excluding tert-OH is 2. The van der Waals surface area contributed by atoms with E-state index in [1.807, 2.05) is 20.8 Å². The van der Waals surface area contributed by atoms with Crippen LogP contribution in [0.5, 0.6) is 0 Å². The van der Waals surface area contributed by atoms with Crippen LogP contribution in [0.1, 0.15) is 34.1 Å². The number of ketones is 1. The molecule has 1 fully saturated rings. The Morgan fingerprint density at radius 2 is 1.82 bits per heavy atom. The second kappa shape index (κ2) is 4.74. The van der Waals surface area contributed by atoms with Crippen molar-refractivity contribution in [3.63, 3.8) is 0 Å². The van der Waals surface area contributed by atoms with Crippen molar-refractivity contribution in [2.24, 2.45) is 5.41 Å². The number of hydrogen-bond acceptors (Lipinski definition) is 4. The Bertz CT molecular complexity index is 321. The molecule has 3 unspecified atom stereocenters. The van der Waals surface area contributed by atoms with Crippen molar-refractivity contribution in [3.05, 3.63) is 0 Å². The van der Waals surface area contributed by atoms with E-state index in [4.69, 9.17) is 0 Å². The van der Waals surface area contributed by atoms with Crippen molar-refractivity contribution in [2.45, 2.75) is 52.4 Å². The quantitative estimate of drug-likeness (QED) is 0.712. The van der Waals surface area contributed by atoms with E-state index in [1.165, 1.54) is 11.8 Å². The second-order valence-electron chi connectivity index (χ2n) is 5.88. The molecule has 1 aliphatic heterocycles. The summed E-state index contributed by atoms with van der Waals surface area (Å²) in [7, 11) is 0. The van der Waals surface area contributed by atoms with Gasteiger partial charge in [0.25, 0.3) is 0 Å². The summed E-state index contributed by atoms with van der Waals surface area (Å²) in [4.78, 5) is 24.7. The first-order chi connectivity index (χ1) is 7.63. The summed E-state index contributed by atoms with van der Waals surface area (Å²) in [6.45, 7) is 7.11. The molecule has 0 aliphatic carbocycles. The molecule has 0 aromatic rings. The highest BCUT2D eigenvalue weighted by Gasteiger charge is 2.45. The summed E-state index contributed by atoms with van der Waals surface area (Å²) >= 11 is 0. The number of amides is 1. The number of Topliss-reactive ketones (excluding diaryl/α,β-unsaturated/α-hetero) is 1. The number of hydrogen-bond donors (Lipinski definition) is 2. The van der Waals surface area contributed by atoms with Gasteiger partial charge >= 0.3 is 0 Å². The first-order valence-electron chi connectivity index (χ1n) is 5.79. The molecule has 0 aromatic heterocycles. The fraction of sp³-hybridized carbons (Fsp3) is 0.833. The van der Waals surface area contributed by atoms with E-state index in [2.05, 4.69) is 0 Å². The van der Waals surface area contributed by atoms with Crippen molar-refractivity contribution in [2.75, 3.05) is 6.54 Å². The van der Waals surface area contributed by atoms with Gasteiger partial charge < -0.3 is 15.1 Å². The molecule has 0 bridgehead atoms. The van der Waals surface area contributed by atoms with Crippen molar-refractivity contribution in [1.29, 1.82) is 0 Å². The fourth-order valence-electron chi connectivity index (χ4n) is 2.13. The molecular weight excluding hydrogens is 222 g/mol. The van der Waals surface area contributed by atoms with Crippen LogP contribution >= 0.6 is 0 Å². The number of carbonyl (C=O) groups excluding carboxylic acids is 2. The van der Waals surface area contributed by atoms with Gasteiger partial charge in [0.15, 0.2) is 5.78 Å². The Kier molecular flexibility index (Phi) is 3.94. The minimum atomic E-state index is -1.17. The van der Waals surface area contributed by atoms with Crippen LogP contribution in [0.25, 0.3) is 0 Å². The minimum absolute atomic E-state index is 0.0249. The molecule has 98 valence electrons. The Hall–Kier alpha value is -0.940. The van der Waals surface area contributed by atoms with E-state index in [0.29, 0.717) is 0 Å². The zero-order valence-electron chi connectivity index (χ0n) is 10.8. The van der Waals surface area contributed by atoms with E-state index < -0.39 is 18.2 Å². The molecule has 0 spiro atoms. The molecule has 1 rings (SSSR count). The van der Waals surface area contributed by atoms with Crippen molar-refractivity contribution >= 4 is 11.7 Å². The normalized spacial score (nSPS) is 29.5. The van der Waals surface area contributed by atoms with E-state index in [-0.39, 0.29) is 30.1 Å². The van der Waals surface area contributed by atoms with Gasteiger partial charge in [-0.15, -0.1) is 0 Å². The van der Waals surface area contributed by atoms with Gasteiger partial charge in [0.1, 0.15) is 12.1 Å². The van der Waals surface area contributed by atoms with Crippen LogP contribution < -0.4 is 0 Å². The largest absolute Gasteiger partial charge is 0.388 e. The average molecular weight is 243 g/mol. The molecule has 1 amide bonds. The van der Waals surface area contributed by atoms with Gasteiger partial charge in [-0.2, -0.15) is 0 Å². The summed E-state index contributed by atoms with van der Waals surface area (Å²) < 4.78 is 0. The van der Waals surface area contributed by atoms with Gasteiger partial charge in [-0.25, -0.2) is 0 Å². The first kappa shape index (κ1) is 14.1. The third-order valence-corrected chi connectivity index (χ3v) is 2.88. The highest BCUT2D eigenvalue weighted by atomic mass is 16.3. The monoisotopic (exact) mass is 243 g/mol. The average Bonchev–Trinajstić information content (AvgIpc) is 2.40. The summed E-state index contributed by atoms with van der Waals surface area (Å²) in [5.41, 5.74) is -0.202. The SMILES string of the molecule is CC(=O)N1CC(O)C(O)C1C(=O)CC(C)(C)C. The van der Waals surface area contributed by atoms with Crippen LogP contribution in [-0.2, 0) is 9.59 Å². The predicted molar refractivity (Wildman–Crippen MR) is 62.3 cm³/mol. The maximum absolute atomic E-state index is 12.1. The number of carbonyl (C=O) groups is 2. The molecule has 5 heteroatoms. The maximum atomic E-state index is 12.1. The summed E-state index contributed by atoms with van der Waals surface area (Å²) in [6, 6.07) is -0.901. The number of nitrogens with zero attached hydrogens (tertiary/aromatic N) is 1. The highest BCUT2D eigenvalue weighted by Crippen LogP contribution is 2.26. The third-order valence-electron chi connectivity index (χ3n) is 2.88. The van der Waals surface area contributed by atoms with E-state index >= 15 is 0 Å². The lowest BCUT2D eigenvalue weighted by Crippen LogP contribution is -2.45. The highest BCUT2D eigenvalue weighted by molar-refractivity contribution is 5.90. The van der Waals surface area contributed by atoms with Crippen molar-refractivity contribution in [1.82, 2.24) is 4.90 Å². The van der Waals surface area contributed by atoms with Crippen LogP contribution in [0.2, 0.25) is 0 Å². The summed E-state index contributed by atoms with van der Waals surface area (Å²) in [5.74, 6) is -0.496. The van der Waals surface area contributed by atoms with Crippen LogP contribution in [0.3, 0.4) is 0 Å². The van der Waals surface area contributed by atoms with Crippen molar-refractivity contribution in [3.8, 4) is 0 Å². The molecule has 0 saturated carbocycles. The van der Waals surface area contributed by atoms with Gasteiger partial charge in [-0.1, -0.05) is 20.8 Å². The van der Waals surface area contributed by atoms with Gasteiger partial charge in [0.05, 0.1) is 12.6 Å². The third kappa shape index (κ3) is 3.26. The molecule has 0 radical (unpaired) electrons. The van der Waals surface area contributed by atoms with E-state index in [0.717, 1.165) is 0 Å². The molecule has 5 nitrogen and oxygen atoms in total. The number of rotatable bonds is 2. The second-order valence-corrected chi connectivity index (χ2v) is 5.88. The Morgan fingerprint density at radius 3 is 2.24 bits per heavy atom. The molecule has 1 saturated heterocycles. The number of likely N-dealkylation sites (tertiary alicyclic amines) is 1. The zero-order valence-corrected chi connectivity index (χ0v) is 10.8.